The summed E-state index contributed by atoms with van der Waals surface area (Å²) in [5.41, 5.74) is 2.09. The SMILES string of the molecule is Cc1ncc(C)n2nc(CCc3nc(N4CC[C@@H](NC(=O)OC(C)(C)C)C4)nn3C)nc12. The molecule has 1 aliphatic rings. The summed E-state index contributed by atoms with van der Waals surface area (Å²) in [4.78, 5) is 27.8. The molecule has 11 heteroatoms. The second kappa shape index (κ2) is 8.36. The number of rotatable bonds is 5. The van der Waals surface area contributed by atoms with Gasteiger partial charge in [-0.1, -0.05) is 0 Å². The van der Waals surface area contributed by atoms with Gasteiger partial charge in [0, 0.05) is 39.2 Å². The number of aromatic nitrogens is 7. The minimum atomic E-state index is -0.510. The lowest BCUT2D eigenvalue weighted by Gasteiger charge is -2.21. The third kappa shape index (κ3) is 4.81. The molecule has 0 aromatic carbocycles. The van der Waals surface area contributed by atoms with E-state index in [2.05, 4.69) is 30.4 Å². The molecule has 1 aliphatic heterocycles. The first kappa shape index (κ1) is 22.0. The predicted molar refractivity (Wildman–Crippen MR) is 119 cm³/mol. The van der Waals surface area contributed by atoms with Crippen molar-refractivity contribution in [2.75, 3.05) is 18.0 Å². The molecule has 0 unspecified atom stereocenters. The number of alkyl carbamates (subject to hydrolysis) is 1. The van der Waals surface area contributed by atoms with Crippen LogP contribution in [0.2, 0.25) is 0 Å². The van der Waals surface area contributed by atoms with Gasteiger partial charge in [0.1, 0.15) is 11.4 Å². The van der Waals surface area contributed by atoms with E-state index in [0.29, 0.717) is 25.3 Å². The van der Waals surface area contributed by atoms with Gasteiger partial charge < -0.3 is 15.0 Å². The van der Waals surface area contributed by atoms with E-state index in [-0.39, 0.29) is 12.1 Å². The number of nitrogens with one attached hydrogen (secondary N) is 1. The summed E-state index contributed by atoms with van der Waals surface area (Å²) in [6.07, 6.45) is 3.58. The molecule has 0 spiro atoms. The van der Waals surface area contributed by atoms with E-state index in [9.17, 15) is 4.79 Å². The van der Waals surface area contributed by atoms with Crippen LogP contribution in [0, 0.1) is 13.8 Å². The molecule has 0 saturated carbocycles. The number of amides is 1. The van der Waals surface area contributed by atoms with Crippen LogP contribution in [0.3, 0.4) is 0 Å². The van der Waals surface area contributed by atoms with Gasteiger partial charge in [-0.3, -0.25) is 9.67 Å². The summed E-state index contributed by atoms with van der Waals surface area (Å²) < 4.78 is 8.99. The topological polar surface area (TPSA) is 115 Å². The molecule has 0 aliphatic carbocycles. The van der Waals surface area contributed by atoms with Crippen LogP contribution in [0.1, 0.15) is 50.2 Å². The highest BCUT2D eigenvalue weighted by atomic mass is 16.6. The van der Waals surface area contributed by atoms with Gasteiger partial charge in [0.2, 0.25) is 5.95 Å². The van der Waals surface area contributed by atoms with Crippen LogP contribution >= 0.6 is 0 Å². The summed E-state index contributed by atoms with van der Waals surface area (Å²) in [6.45, 7) is 10.9. The number of fused-ring (bicyclic) bond motifs is 1. The van der Waals surface area contributed by atoms with Crippen LogP contribution in [-0.2, 0) is 24.6 Å². The Bertz CT molecular complexity index is 1090. The fourth-order valence-electron chi connectivity index (χ4n) is 3.75. The van der Waals surface area contributed by atoms with Crippen molar-refractivity contribution >= 4 is 17.7 Å². The third-order valence-corrected chi connectivity index (χ3v) is 5.36. The molecule has 11 nitrogen and oxygen atoms in total. The minimum absolute atomic E-state index is 0.0133. The lowest BCUT2D eigenvalue weighted by atomic mass is 10.2. The van der Waals surface area contributed by atoms with Gasteiger partial charge >= 0.3 is 6.09 Å². The van der Waals surface area contributed by atoms with Crippen molar-refractivity contribution in [2.45, 2.75) is 65.5 Å². The Labute approximate surface area is 187 Å². The van der Waals surface area contributed by atoms with Crippen molar-refractivity contribution in [1.82, 2.24) is 39.7 Å². The molecule has 4 rings (SSSR count). The maximum absolute atomic E-state index is 12.0. The lowest BCUT2D eigenvalue weighted by molar-refractivity contribution is 0.0509. The molecule has 32 heavy (non-hydrogen) atoms. The summed E-state index contributed by atoms with van der Waals surface area (Å²) >= 11 is 0. The highest BCUT2D eigenvalue weighted by molar-refractivity contribution is 5.68. The standard InChI is InChI=1S/C21H31N9O2/c1-13-11-22-14(2)18-24-16(26-30(13)18)7-8-17-25-19(27-28(17)6)29-10-9-15(12-29)23-20(31)32-21(3,4)5/h11,15H,7-10,12H2,1-6H3,(H,23,31)/t15-/m1/s1. The third-order valence-electron chi connectivity index (χ3n) is 5.36. The predicted octanol–water partition coefficient (Wildman–Crippen LogP) is 1.76. The second-order valence-electron chi connectivity index (χ2n) is 9.28. The summed E-state index contributed by atoms with van der Waals surface area (Å²) in [5.74, 6) is 2.31. The van der Waals surface area contributed by atoms with Crippen LogP contribution in [0.15, 0.2) is 6.20 Å². The van der Waals surface area contributed by atoms with Gasteiger partial charge in [-0.15, -0.1) is 5.10 Å². The second-order valence-corrected chi connectivity index (χ2v) is 9.28. The van der Waals surface area contributed by atoms with Crippen LogP contribution < -0.4 is 10.2 Å². The van der Waals surface area contributed by atoms with Gasteiger partial charge in [-0.25, -0.2) is 14.3 Å². The fraction of sp³-hybridized carbons (Fsp3) is 0.619. The van der Waals surface area contributed by atoms with E-state index in [1.807, 2.05) is 46.2 Å². The van der Waals surface area contributed by atoms with Crippen molar-refractivity contribution in [3.05, 3.63) is 29.2 Å². The fourth-order valence-corrected chi connectivity index (χ4v) is 3.75. The molecule has 1 saturated heterocycles. The maximum atomic E-state index is 12.0. The number of carbonyl (C=O) groups is 1. The lowest BCUT2D eigenvalue weighted by Crippen LogP contribution is -2.40. The molecule has 1 atom stereocenters. The molecule has 0 bridgehead atoms. The largest absolute Gasteiger partial charge is 0.444 e. The van der Waals surface area contributed by atoms with E-state index >= 15 is 0 Å². The van der Waals surface area contributed by atoms with Crippen LogP contribution in [-0.4, -0.2) is 65.2 Å². The summed E-state index contributed by atoms with van der Waals surface area (Å²) in [7, 11) is 1.90. The molecule has 1 fully saturated rings. The average molecular weight is 442 g/mol. The van der Waals surface area contributed by atoms with E-state index < -0.39 is 5.60 Å². The maximum Gasteiger partial charge on any atom is 0.407 e. The molecule has 3 aromatic heterocycles. The molecular weight excluding hydrogens is 410 g/mol. The zero-order valence-electron chi connectivity index (χ0n) is 19.6. The van der Waals surface area contributed by atoms with Gasteiger partial charge in [0.25, 0.3) is 0 Å². The van der Waals surface area contributed by atoms with Crippen LogP contribution in [0.4, 0.5) is 10.7 Å². The van der Waals surface area contributed by atoms with Crippen molar-refractivity contribution < 1.29 is 9.53 Å². The zero-order valence-corrected chi connectivity index (χ0v) is 19.6. The van der Waals surface area contributed by atoms with Crippen LogP contribution in [0.25, 0.3) is 5.65 Å². The van der Waals surface area contributed by atoms with Gasteiger partial charge in [0.15, 0.2) is 11.5 Å². The number of ether oxygens (including phenoxy) is 1. The molecular formula is C21H31N9O2. The smallest absolute Gasteiger partial charge is 0.407 e. The van der Waals surface area contributed by atoms with E-state index in [4.69, 9.17) is 9.72 Å². The first-order chi connectivity index (χ1) is 15.1. The molecule has 172 valence electrons. The average Bonchev–Trinajstić information content (AvgIpc) is 3.40. The van der Waals surface area contributed by atoms with Gasteiger partial charge in [-0.2, -0.15) is 10.1 Å². The minimum Gasteiger partial charge on any atom is -0.444 e. The Morgan fingerprint density at radius 1 is 1.22 bits per heavy atom. The highest BCUT2D eigenvalue weighted by Crippen LogP contribution is 2.18. The van der Waals surface area contributed by atoms with Crippen molar-refractivity contribution in [3.8, 4) is 0 Å². The summed E-state index contributed by atoms with van der Waals surface area (Å²) in [6, 6.07) is 0.0133. The molecule has 1 amide bonds. The number of hydrogen-bond acceptors (Lipinski definition) is 8. The number of carbonyl (C=O) groups excluding carboxylic acids is 1. The Kier molecular flexibility index (Phi) is 5.74. The first-order valence-corrected chi connectivity index (χ1v) is 10.9. The van der Waals surface area contributed by atoms with E-state index in [1.165, 1.54) is 0 Å². The highest BCUT2D eigenvalue weighted by Gasteiger charge is 2.28. The number of aryl methyl sites for hydroxylation is 5. The normalized spacial score (nSPS) is 16.7. The van der Waals surface area contributed by atoms with Crippen LogP contribution in [0.5, 0.6) is 0 Å². The molecule has 0 radical (unpaired) electrons. The van der Waals surface area contributed by atoms with Crippen molar-refractivity contribution in [1.29, 1.82) is 0 Å². The Morgan fingerprint density at radius 2 is 2.00 bits per heavy atom. The summed E-state index contributed by atoms with van der Waals surface area (Å²) in [5, 5.41) is 12.1. The zero-order chi connectivity index (χ0) is 23.0. The van der Waals surface area contributed by atoms with Crippen molar-refractivity contribution in [2.24, 2.45) is 7.05 Å². The molecule has 1 N–H and O–H groups in total. The Balaban J connectivity index is 1.37. The van der Waals surface area contributed by atoms with E-state index in [0.717, 1.165) is 41.6 Å². The molecule has 3 aromatic rings. The van der Waals surface area contributed by atoms with Gasteiger partial charge in [0.05, 0.1) is 17.4 Å². The monoisotopic (exact) mass is 441 g/mol. The quantitative estimate of drug-likeness (QED) is 0.637. The Morgan fingerprint density at radius 3 is 2.72 bits per heavy atom. The number of hydrogen-bond donors (Lipinski definition) is 1. The van der Waals surface area contributed by atoms with Crippen molar-refractivity contribution in [3.63, 3.8) is 0 Å². The number of anilines is 1. The first-order valence-electron chi connectivity index (χ1n) is 10.9. The molecule has 4 heterocycles. The van der Waals surface area contributed by atoms with E-state index in [1.54, 1.807) is 10.9 Å². The number of nitrogens with zero attached hydrogens (tertiary/aromatic N) is 8. The van der Waals surface area contributed by atoms with Gasteiger partial charge in [-0.05, 0) is 41.0 Å². The Hall–Kier alpha value is -3.24.